The SMILES string of the molecule is O=[N+]([O-])c1cncc(Br)c1NCc1cccnn1. The summed E-state index contributed by atoms with van der Waals surface area (Å²) in [5.74, 6) is 0. The van der Waals surface area contributed by atoms with Crippen LogP contribution in [-0.2, 0) is 6.54 Å². The van der Waals surface area contributed by atoms with Crippen molar-refractivity contribution in [1.29, 1.82) is 0 Å². The van der Waals surface area contributed by atoms with E-state index in [4.69, 9.17) is 0 Å². The average Bonchev–Trinajstić information content (AvgIpc) is 2.38. The van der Waals surface area contributed by atoms with Crippen molar-refractivity contribution >= 4 is 27.3 Å². The normalized spacial score (nSPS) is 10.1. The summed E-state index contributed by atoms with van der Waals surface area (Å²) in [5, 5.41) is 21.4. The molecule has 0 aromatic carbocycles. The first-order valence-electron chi connectivity index (χ1n) is 4.97. The Labute approximate surface area is 111 Å². The maximum atomic E-state index is 10.9. The van der Waals surface area contributed by atoms with Crippen LogP contribution in [-0.4, -0.2) is 20.1 Å². The molecule has 0 fully saturated rings. The van der Waals surface area contributed by atoms with Crippen molar-refractivity contribution in [3.05, 3.63) is 51.0 Å². The van der Waals surface area contributed by atoms with Gasteiger partial charge in [0, 0.05) is 12.4 Å². The number of nitro groups is 1. The molecule has 0 saturated heterocycles. The molecule has 0 atom stereocenters. The number of pyridine rings is 1. The van der Waals surface area contributed by atoms with E-state index in [9.17, 15) is 10.1 Å². The van der Waals surface area contributed by atoms with E-state index in [0.717, 1.165) is 0 Å². The lowest BCUT2D eigenvalue weighted by molar-refractivity contribution is -0.384. The van der Waals surface area contributed by atoms with Crippen LogP contribution in [0.2, 0.25) is 0 Å². The van der Waals surface area contributed by atoms with Crippen molar-refractivity contribution in [3.63, 3.8) is 0 Å². The molecule has 7 nitrogen and oxygen atoms in total. The van der Waals surface area contributed by atoms with E-state index in [1.807, 2.05) is 0 Å². The zero-order chi connectivity index (χ0) is 13.0. The number of aromatic nitrogens is 3. The molecule has 0 spiro atoms. The maximum Gasteiger partial charge on any atom is 0.311 e. The number of halogens is 1. The van der Waals surface area contributed by atoms with Crippen LogP contribution in [0.4, 0.5) is 11.4 Å². The topological polar surface area (TPSA) is 93.8 Å². The highest BCUT2D eigenvalue weighted by Gasteiger charge is 2.16. The summed E-state index contributed by atoms with van der Waals surface area (Å²) in [4.78, 5) is 14.1. The highest BCUT2D eigenvalue weighted by atomic mass is 79.9. The number of nitrogens with one attached hydrogen (secondary N) is 1. The van der Waals surface area contributed by atoms with E-state index in [1.54, 1.807) is 18.3 Å². The van der Waals surface area contributed by atoms with Crippen LogP contribution >= 0.6 is 15.9 Å². The van der Waals surface area contributed by atoms with E-state index in [0.29, 0.717) is 22.4 Å². The summed E-state index contributed by atoms with van der Waals surface area (Å²) in [6.45, 7) is 0.345. The van der Waals surface area contributed by atoms with Crippen molar-refractivity contribution in [2.24, 2.45) is 0 Å². The molecule has 0 saturated carbocycles. The lowest BCUT2D eigenvalue weighted by Crippen LogP contribution is -2.05. The van der Waals surface area contributed by atoms with Crippen molar-refractivity contribution < 1.29 is 4.92 Å². The van der Waals surface area contributed by atoms with Crippen molar-refractivity contribution in [3.8, 4) is 0 Å². The molecule has 2 aromatic heterocycles. The molecule has 18 heavy (non-hydrogen) atoms. The Morgan fingerprint density at radius 3 is 2.94 bits per heavy atom. The van der Waals surface area contributed by atoms with E-state index < -0.39 is 4.92 Å². The molecular weight excluding hydrogens is 302 g/mol. The van der Waals surface area contributed by atoms with Crippen LogP contribution in [0, 0.1) is 10.1 Å². The first kappa shape index (κ1) is 12.4. The molecule has 0 aliphatic heterocycles. The first-order chi connectivity index (χ1) is 8.68. The van der Waals surface area contributed by atoms with Gasteiger partial charge >= 0.3 is 5.69 Å². The van der Waals surface area contributed by atoms with Gasteiger partial charge in [-0.05, 0) is 28.1 Å². The minimum Gasteiger partial charge on any atom is -0.373 e. The quantitative estimate of drug-likeness (QED) is 0.687. The Kier molecular flexibility index (Phi) is 3.78. The Bertz CT molecular complexity index is 563. The Hall–Kier alpha value is -2.09. The number of nitrogens with zero attached hydrogens (tertiary/aromatic N) is 4. The second-order valence-corrected chi connectivity index (χ2v) is 4.20. The molecule has 8 heteroatoms. The molecule has 0 aliphatic rings. The molecule has 0 radical (unpaired) electrons. The lowest BCUT2D eigenvalue weighted by Gasteiger charge is -2.07. The van der Waals surface area contributed by atoms with Crippen LogP contribution in [0.5, 0.6) is 0 Å². The first-order valence-corrected chi connectivity index (χ1v) is 5.76. The van der Waals surface area contributed by atoms with Crippen molar-refractivity contribution in [2.45, 2.75) is 6.54 Å². The van der Waals surface area contributed by atoms with Crippen LogP contribution < -0.4 is 5.32 Å². The van der Waals surface area contributed by atoms with Crippen molar-refractivity contribution in [1.82, 2.24) is 15.2 Å². The predicted octanol–water partition coefficient (Wildman–Crippen LogP) is 2.15. The van der Waals surface area contributed by atoms with Gasteiger partial charge in [-0.1, -0.05) is 0 Å². The van der Waals surface area contributed by atoms with Gasteiger partial charge < -0.3 is 5.32 Å². The molecule has 0 bridgehead atoms. The standard InChI is InChI=1S/C10H8BrN5O2/c11-8-5-12-6-9(16(17)18)10(8)13-4-7-2-1-3-14-15-7/h1-3,5-6H,4H2,(H,12,13). The zero-order valence-corrected chi connectivity index (χ0v) is 10.7. The van der Waals surface area contributed by atoms with Gasteiger partial charge in [0.05, 0.1) is 21.6 Å². The third kappa shape index (κ3) is 2.77. The summed E-state index contributed by atoms with van der Waals surface area (Å²) in [5.41, 5.74) is 0.976. The van der Waals surface area contributed by atoms with Gasteiger partial charge in [0.25, 0.3) is 0 Å². The number of anilines is 1. The molecule has 2 aromatic rings. The summed E-state index contributed by atoms with van der Waals surface area (Å²) in [6, 6.07) is 3.53. The molecule has 0 unspecified atom stereocenters. The summed E-state index contributed by atoms with van der Waals surface area (Å²) >= 11 is 3.22. The number of hydrogen-bond donors (Lipinski definition) is 1. The second kappa shape index (κ2) is 5.50. The minimum absolute atomic E-state index is 0.0896. The molecule has 1 N–H and O–H groups in total. The van der Waals surface area contributed by atoms with E-state index in [-0.39, 0.29) is 5.69 Å². The van der Waals surface area contributed by atoms with Crippen LogP contribution in [0.3, 0.4) is 0 Å². The lowest BCUT2D eigenvalue weighted by atomic mass is 10.3. The molecule has 0 amide bonds. The fraction of sp³-hybridized carbons (Fsp3) is 0.100. The molecule has 92 valence electrons. The monoisotopic (exact) mass is 309 g/mol. The summed E-state index contributed by atoms with van der Waals surface area (Å²) in [6.07, 6.45) is 4.25. The molecule has 2 rings (SSSR count). The van der Waals surface area contributed by atoms with Gasteiger partial charge in [-0.25, -0.2) is 0 Å². The van der Waals surface area contributed by atoms with Gasteiger partial charge in [0.1, 0.15) is 11.9 Å². The minimum atomic E-state index is -0.489. The summed E-state index contributed by atoms with van der Waals surface area (Å²) < 4.78 is 0.528. The van der Waals surface area contributed by atoms with Crippen LogP contribution in [0.1, 0.15) is 5.69 Å². The largest absolute Gasteiger partial charge is 0.373 e. The third-order valence-corrected chi connectivity index (χ3v) is 2.75. The van der Waals surface area contributed by atoms with Gasteiger partial charge in [-0.3, -0.25) is 15.1 Å². The molecular formula is C10H8BrN5O2. The average molecular weight is 310 g/mol. The maximum absolute atomic E-state index is 10.9. The highest BCUT2D eigenvalue weighted by Crippen LogP contribution is 2.31. The number of rotatable bonds is 4. The van der Waals surface area contributed by atoms with Crippen LogP contribution in [0.25, 0.3) is 0 Å². The predicted molar refractivity (Wildman–Crippen MR) is 68.0 cm³/mol. The van der Waals surface area contributed by atoms with Gasteiger partial charge in [0.15, 0.2) is 0 Å². The van der Waals surface area contributed by atoms with Gasteiger partial charge in [-0.15, -0.1) is 0 Å². The van der Waals surface area contributed by atoms with Crippen LogP contribution in [0.15, 0.2) is 35.2 Å². The number of hydrogen-bond acceptors (Lipinski definition) is 6. The zero-order valence-electron chi connectivity index (χ0n) is 9.08. The van der Waals surface area contributed by atoms with Crippen molar-refractivity contribution in [2.75, 3.05) is 5.32 Å². The fourth-order valence-electron chi connectivity index (χ4n) is 1.34. The summed E-state index contributed by atoms with van der Waals surface area (Å²) in [7, 11) is 0. The molecule has 2 heterocycles. The Balaban J connectivity index is 2.21. The fourth-order valence-corrected chi connectivity index (χ4v) is 1.81. The Morgan fingerprint density at radius 2 is 2.28 bits per heavy atom. The van der Waals surface area contributed by atoms with Gasteiger partial charge in [0.2, 0.25) is 0 Å². The smallest absolute Gasteiger partial charge is 0.311 e. The van der Waals surface area contributed by atoms with E-state index in [2.05, 4.69) is 36.4 Å². The Morgan fingerprint density at radius 1 is 1.44 bits per heavy atom. The van der Waals surface area contributed by atoms with E-state index in [1.165, 1.54) is 12.4 Å². The molecule has 0 aliphatic carbocycles. The van der Waals surface area contributed by atoms with E-state index >= 15 is 0 Å². The van der Waals surface area contributed by atoms with Gasteiger partial charge in [-0.2, -0.15) is 10.2 Å². The highest BCUT2D eigenvalue weighted by molar-refractivity contribution is 9.10. The second-order valence-electron chi connectivity index (χ2n) is 3.34. The third-order valence-electron chi connectivity index (χ3n) is 2.15.